The summed E-state index contributed by atoms with van der Waals surface area (Å²) in [6.07, 6.45) is 4.61. The van der Waals surface area contributed by atoms with Crippen LogP contribution in [0.25, 0.3) is 0 Å². The Morgan fingerprint density at radius 2 is 1.65 bits per heavy atom. The summed E-state index contributed by atoms with van der Waals surface area (Å²) in [6, 6.07) is 0. The minimum Gasteiger partial charge on any atom is -0.481 e. The molecular weight excluding hydrogens is 512 g/mol. The number of hydrogen-bond donors (Lipinski definition) is 4. The zero-order valence-electron chi connectivity index (χ0n) is 22.5. The number of aliphatic carboxylic acids is 1. The average Bonchev–Trinajstić information content (AvgIpc) is 3.55. The third-order valence-corrected chi connectivity index (χ3v) is 7.09. The third kappa shape index (κ3) is 13.6. The second kappa shape index (κ2) is 18.9. The molecule has 2 rings (SSSR count). The Labute approximate surface area is 250 Å². The fourth-order valence-corrected chi connectivity index (χ4v) is 4.59. The van der Waals surface area contributed by atoms with Gasteiger partial charge in [-0.05, 0) is 39.5 Å². The molecule has 0 aromatic carbocycles. The minimum atomic E-state index is -1.06. The summed E-state index contributed by atoms with van der Waals surface area (Å²) in [7, 11) is 0. The standard InChI is InChI=1S/C26H44O9.Ca.H2O/c1-16(13-23(30)33-11-9-7-5-4-6-8-10-22(28)29)12-20-25(32)24(31)19(15-34-20)14-21-26(35-21)17(2)18(3)27;;/h13,17-21,24-27,31-32H,4-12,14-15H2,1-3H3,(H,28,29);;1H2/t17-,18-,19-,20-,21-,24+,25-,26-;;/m0../s1. The Morgan fingerprint density at radius 1 is 1.03 bits per heavy atom. The summed E-state index contributed by atoms with van der Waals surface area (Å²) >= 11 is 0. The molecule has 0 spiro atoms. The SMILES string of the molecule is CC(=CC(=O)OCCCCCCCCC(=O)O)C[C@@H]1OC[C@H](C[C@@H]2O[C@H]2[C@@H](C)[C@H](C)O)[C@@H](O)[C@H]1O.O.[Ca]. The number of carbonyl (C=O) groups is 2. The number of rotatable bonds is 16. The molecule has 0 aromatic rings. The predicted molar refractivity (Wildman–Crippen MR) is 138 cm³/mol. The topological polar surface area (TPSA) is 178 Å². The average molecular weight is 559 g/mol. The summed E-state index contributed by atoms with van der Waals surface area (Å²) in [5, 5.41) is 39.5. The number of aliphatic hydroxyl groups excluding tert-OH is 3. The van der Waals surface area contributed by atoms with E-state index in [0.29, 0.717) is 38.0 Å². The molecular formula is C26H46CaO10. The molecule has 2 aliphatic heterocycles. The molecule has 2 aliphatic rings. The molecule has 2 radical (unpaired) electrons. The van der Waals surface area contributed by atoms with Crippen LogP contribution in [-0.2, 0) is 23.8 Å². The van der Waals surface area contributed by atoms with Crippen LogP contribution < -0.4 is 0 Å². The maximum atomic E-state index is 12.1. The van der Waals surface area contributed by atoms with E-state index in [9.17, 15) is 24.9 Å². The zero-order valence-corrected chi connectivity index (χ0v) is 24.7. The van der Waals surface area contributed by atoms with Gasteiger partial charge in [0, 0.05) is 62.1 Å². The van der Waals surface area contributed by atoms with E-state index in [-0.39, 0.29) is 73.7 Å². The van der Waals surface area contributed by atoms with E-state index in [0.717, 1.165) is 32.1 Å². The number of carboxylic acid groups (broad SMARTS) is 1. The van der Waals surface area contributed by atoms with Crippen molar-refractivity contribution in [3.63, 3.8) is 0 Å². The van der Waals surface area contributed by atoms with Crippen LogP contribution in [0, 0.1) is 11.8 Å². The quantitative estimate of drug-likeness (QED) is 0.0716. The van der Waals surface area contributed by atoms with Gasteiger partial charge in [0.15, 0.2) is 0 Å². The summed E-state index contributed by atoms with van der Waals surface area (Å²) in [4.78, 5) is 22.5. The maximum absolute atomic E-state index is 12.1. The molecule has 11 heteroatoms. The molecule has 2 saturated heterocycles. The Balaban J connectivity index is 0.00000648. The Hall–Kier alpha value is -0.300. The summed E-state index contributed by atoms with van der Waals surface area (Å²) in [6.45, 7) is 6.07. The summed E-state index contributed by atoms with van der Waals surface area (Å²) in [5.41, 5.74) is 0.708. The van der Waals surface area contributed by atoms with E-state index in [1.807, 2.05) is 6.92 Å². The smallest absolute Gasteiger partial charge is 0.330 e. The van der Waals surface area contributed by atoms with Gasteiger partial charge in [0.2, 0.25) is 0 Å². The normalized spacial score (nSPS) is 28.9. The van der Waals surface area contributed by atoms with E-state index in [2.05, 4.69) is 0 Å². The molecule has 212 valence electrons. The molecule has 0 aromatic heterocycles. The van der Waals surface area contributed by atoms with Crippen molar-refractivity contribution in [1.82, 2.24) is 0 Å². The molecule has 0 unspecified atom stereocenters. The van der Waals surface area contributed by atoms with E-state index >= 15 is 0 Å². The first kappa shape index (κ1) is 36.7. The second-order valence-electron chi connectivity index (χ2n) is 10.2. The number of epoxide rings is 1. The number of carbonyl (C=O) groups excluding carboxylic acids is 1. The third-order valence-electron chi connectivity index (χ3n) is 7.09. The Bertz CT molecular complexity index is 701. The largest absolute Gasteiger partial charge is 0.481 e. The number of esters is 1. The first-order chi connectivity index (χ1) is 16.6. The fourth-order valence-electron chi connectivity index (χ4n) is 4.59. The van der Waals surface area contributed by atoms with Gasteiger partial charge in [-0.15, -0.1) is 0 Å². The van der Waals surface area contributed by atoms with Gasteiger partial charge in [0.1, 0.15) is 6.10 Å². The van der Waals surface area contributed by atoms with E-state index in [4.69, 9.17) is 19.3 Å². The number of unbranched alkanes of at least 4 members (excludes halogenated alkanes) is 5. The van der Waals surface area contributed by atoms with Crippen LogP contribution in [0.15, 0.2) is 11.6 Å². The van der Waals surface area contributed by atoms with Crippen LogP contribution in [0.3, 0.4) is 0 Å². The first-order valence-electron chi connectivity index (χ1n) is 13.0. The monoisotopic (exact) mass is 558 g/mol. The van der Waals surface area contributed by atoms with Crippen LogP contribution in [0.4, 0.5) is 0 Å². The number of aliphatic hydroxyl groups is 3. The van der Waals surface area contributed by atoms with Crippen molar-refractivity contribution in [2.75, 3.05) is 13.2 Å². The van der Waals surface area contributed by atoms with Crippen LogP contribution in [-0.4, -0.2) is 125 Å². The maximum Gasteiger partial charge on any atom is 0.330 e. The van der Waals surface area contributed by atoms with Crippen LogP contribution in [0.1, 0.15) is 78.6 Å². The Kier molecular flexibility index (Phi) is 18.7. The predicted octanol–water partition coefficient (Wildman–Crippen LogP) is 1.39. The van der Waals surface area contributed by atoms with Crippen molar-refractivity contribution in [1.29, 1.82) is 0 Å². The molecule has 10 nitrogen and oxygen atoms in total. The van der Waals surface area contributed by atoms with Crippen LogP contribution in [0.5, 0.6) is 0 Å². The van der Waals surface area contributed by atoms with Crippen LogP contribution >= 0.6 is 0 Å². The van der Waals surface area contributed by atoms with Gasteiger partial charge < -0.3 is 40.1 Å². The van der Waals surface area contributed by atoms with Crippen molar-refractivity contribution in [3.05, 3.63) is 11.6 Å². The van der Waals surface area contributed by atoms with Crippen molar-refractivity contribution in [3.8, 4) is 0 Å². The van der Waals surface area contributed by atoms with Gasteiger partial charge in [-0.3, -0.25) is 4.79 Å². The van der Waals surface area contributed by atoms with Gasteiger partial charge in [-0.25, -0.2) is 4.79 Å². The molecule has 8 atom stereocenters. The molecule has 0 aliphatic carbocycles. The molecule has 37 heavy (non-hydrogen) atoms. The van der Waals surface area contributed by atoms with Crippen molar-refractivity contribution >= 4 is 49.7 Å². The summed E-state index contributed by atoms with van der Waals surface area (Å²) < 4.78 is 16.7. The Morgan fingerprint density at radius 3 is 2.27 bits per heavy atom. The van der Waals surface area contributed by atoms with E-state index < -0.39 is 36.4 Å². The van der Waals surface area contributed by atoms with Gasteiger partial charge in [-0.2, -0.15) is 0 Å². The number of carboxylic acids is 1. The molecule has 2 fully saturated rings. The first-order valence-corrected chi connectivity index (χ1v) is 13.0. The summed E-state index contributed by atoms with van der Waals surface area (Å²) in [5.74, 6) is -1.42. The van der Waals surface area contributed by atoms with E-state index in [1.54, 1.807) is 13.8 Å². The van der Waals surface area contributed by atoms with Gasteiger partial charge >= 0.3 is 11.9 Å². The van der Waals surface area contributed by atoms with Crippen molar-refractivity contribution < 1.29 is 49.7 Å². The molecule has 6 N–H and O–H groups in total. The molecule has 2 heterocycles. The van der Waals surface area contributed by atoms with Gasteiger partial charge in [0.05, 0.1) is 43.7 Å². The van der Waals surface area contributed by atoms with Crippen molar-refractivity contribution in [2.24, 2.45) is 11.8 Å². The fraction of sp³-hybridized carbons (Fsp3) is 0.846. The number of ether oxygens (including phenoxy) is 3. The second-order valence-corrected chi connectivity index (χ2v) is 10.2. The molecule has 0 saturated carbocycles. The molecule has 0 bridgehead atoms. The van der Waals surface area contributed by atoms with Gasteiger partial charge in [-0.1, -0.05) is 38.2 Å². The van der Waals surface area contributed by atoms with Crippen LogP contribution in [0.2, 0.25) is 0 Å². The van der Waals surface area contributed by atoms with E-state index in [1.165, 1.54) is 6.08 Å². The number of hydrogen-bond acceptors (Lipinski definition) is 8. The minimum absolute atomic E-state index is 0. The van der Waals surface area contributed by atoms with Gasteiger partial charge in [0.25, 0.3) is 0 Å². The zero-order chi connectivity index (χ0) is 26.0. The molecule has 0 amide bonds. The van der Waals surface area contributed by atoms with Crippen molar-refractivity contribution in [2.45, 2.75) is 115 Å².